The second-order valence-electron chi connectivity index (χ2n) is 4.61. The molecule has 19 heavy (non-hydrogen) atoms. The third-order valence-corrected chi connectivity index (χ3v) is 4.01. The quantitative estimate of drug-likeness (QED) is 0.834. The summed E-state index contributed by atoms with van der Waals surface area (Å²) in [5.41, 5.74) is 2.06. The topological polar surface area (TPSA) is 48.1 Å². The van der Waals surface area contributed by atoms with Crippen LogP contribution in [0.2, 0.25) is 5.02 Å². The fourth-order valence-corrected chi connectivity index (χ4v) is 2.73. The largest absolute Gasteiger partial charge is 0.361 e. The molecular weight excluding hydrogens is 282 g/mol. The average molecular weight is 294 g/mol. The average Bonchev–Trinajstić information content (AvgIpc) is 2.87. The number of halogens is 1. The van der Waals surface area contributed by atoms with Gasteiger partial charge >= 0.3 is 0 Å². The van der Waals surface area contributed by atoms with Crippen LogP contribution in [0.5, 0.6) is 0 Å². The molecule has 1 aliphatic heterocycles. The van der Waals surface area contributed by atoms with Crippen molar-refractivity contribution >= 4 is 45.7 Å². The Hall–Kier alpha value is -1.59. The summed E-state index contributed by atoms with van der Waals surface area (Å²) in [6, 6.07) is 5.40. The van der Waals surface area contributed by atoms with E-state index in [0.29, 0.717) is 16.6 Å². The number of hydrogen-bond donors (Lipinski definition) is 2. The first-order valence-electron chi connectivity index (χ1n) is 5.90. The molecule has 2 heterocycles. The molecule has 6 heteroatoms. The van der Waals surface area contributed by atoms with Gasteiger partial charge in [-0.2, -0.15) is 0 Å². The lowest BCUT2D eigenvalue weighted by Gasteiger charge is -2.07. The predicted molar refractivity (Wildman–Crippen MR) is 79.3 cm³/mol. The van der Waals surface area contributed by atoms with Crippen molar-refractivity contribution in [3.05, 3.63) is 35.0 Å². The molecule has 0 aliphatic carbocycles. The van der Waals surface area contributed by atoms with Crippen molar-refractivity contribution in [1.29, 1.82) is 0 Å². The number of nitrogens with zero attached hydrogens (tertiary/aromatic N) is 1. The molecule has 0 spiro atoms. The van der Waals surface area contributed by atoms with E-state index in [9.17, 15) is 4.79 Å². The molecule has 1 aromatic heterocycles. The molecule has 0 radical (unpaired) electrons. The predicted octanol–water partition coefficient (Wildman–Crippen LogP) is 2.08. The Morgan fingerprint density at radius 2 is 2.26 bits per heavy atom. The Kier molecular flexibility index (Phi) is 2.95. The normalized spacial score (nSPS) is 19.3. The molecule has 1 unspecified atom stereocenters. The van der Waals surface area contributed by atoms with E-state index in [1.807, 2.05) is 24.4 Å². The van der Waals surface area contributed by atoms with Gasteiger partial charge in [-0.05, 0) is 29.9 Å². The fourth-order valence-electron chi connectivity index (χ4n) is 2.33. The first-order chi connectivity index (χ1) is 9.06. The number of hydrogen-bond acceptors (Lipinski definition) is 2. The van der Waals surface area contributed by atoms with E-state index in [1.165, 1.54) is 4.90 Å². The van der Waals surface area contributed by atoms with Crippen LogP contribution >= 0.6 is 23.8 Å². The van der Waals surface area contributed by atoms with Gasteiger partial charge in [-0.25, -0.2) is 0 Å². The summed E-state index contributed by atoms with van der Waals surface area (Å²) >= 11 is 11.0. The van der Waals surface area contributed by atoms with Gasteiger partial charge in [0.2, 0.25) is 0 Å². The van der Waals surface area contributed by atoms with Gasteiger partial charge in [0, 0.05) is 35.6 Å². The molecule has 1 fully saturated rings. The van der Waals surface area contributed by atoms with Crippen molar-refractivity contribution in [2.75, 3.05) is 7.05 Å². The third-order valence-electron chi connectivity index (χ3n) is 3.38. The smallest absolute Gasteiger partial charge is 0.251 e. The number of carbonyl (C=O) groups excluding carboxylic acids is 1. The van der Waals surface area contributed by atoms with Crippen LogP contribution in [0.4, 0.5) is 0 Å². The number of fused-ring (bicyclic) bond motifs is 1. The Bertz CT molecular complexity index is 682. The van der Waals surface area contributed by atoms with Crippen molar-refractivity contribution in [2.24, 2.45) is 0 Å². The van der Waals surface area contributed by atoms with Gasteiger partial charge in [0.05, 0.1) is 0 Å². The summed E-state index contributed by atoms with van der Waals surface area (Å²) in [5.74, 6) is 0.00770. The summed E-state index contributed by atoms with van der Waals surface area (Å²) in [7, 11) is 1.69. The Balaban J connectivity index is 1.90. The van der Waals surface area contributed by atoms with E-state index in [4.69, 9.17) is 23.8 Å². The second-order valence-corrected chi connectivity index (χ2v) is 5.43. The highest BCUT2D eigenvalue weighted by molar-refractivity contribution is 7.80. The van der Waals surface area contributed by atoms with E-state index in [2.05, 4.69) is 10.3 Å². The zero-order valence-corrected chi connectivity index (χ0v) is 11.8. The molecule has 1 atom stereocenters. The number of nitrogens with one attached hydrogen (secondary N) is 2. The van der Waals surface area contributed by atoms with Crippen molar-refractivity contribution in [1.82, 2.24) is 15.2 Å². The van der Waals surface area contributed by atoms with Crippen LogP contribution in [-0.2, 0) is 11.2 Å². The number of thiocarbonyl (C=S) groups is 1. The first-order valence-corrected chi connectivity index (χ1v) is 6.68. The highest BCUT2D eigenvalue weighted by Crippen LogP contribution is 2.23. The molecule has 1 saturated heterocycles. The van der Waals surface area contributed by atoms with Crippen molar-refractivity contribution in [3.8, 4) is 0 Å². The number of carbonyl (C=O) groups is 1. The second kappa shape index (κ2) is 4.51. The fraction of sp³-hybridized carbons (Fsp3) is 0.231. The van der Waals surface area contributed by atoms with Crippen molar-refractivity contribution in [3.63, 3.8) is 0 Å². The third kappa shape index (κ3) is 2.09. The molecular formula is C13H12ClN3OS. The van der Waals surface area contributed by atoms with Crippen molar-refractivity contribution in [2.45, 2.75) is 12.5 Å². The SMILES string of the molecule is CN1C(=O)C(Cc2c[nH]c3cc(Cl)ccc23)NC1=S. The van der Waals surface area contributed by atoms with E-state index in [-0.39, 0.29) is 11.9 Å². The van der Waals surface area contributed by atoms with Crippen LogP contribution in [0.3, 0.4) is 0 Å². The maximum Gasteiger partial charge on any atom is 0.251 e. The standard InChI is InChI=1S/C13H12ClN3OS/c1-17-12(18)11(16-13(17)19)4-7-6-15-10-5-8(14)2-3-9(7)10/h2-3,5-6,11,15H,4H2,1H3,(H,16,19). The maximum absolute atomic E-state index is 12.0. The van der Waals surface area contributed by atoms with E-state index < -0.39 is 0 Å². The van der Waals surface area contributed by atoms with Crippen LogP contribution < -0.4 is 5.32 Å². The summed E-state index contributed by atoms with van der Waals surface area (Å²) < 4.78 is 0. The molecule has 3 rings (SSSR count). The monoisotopic (exact) mass is 293 g/mol. The van der Waals surface area contributed by atoms with Crippen LogP contribution in [0, 0.1) is 0 Å². The van der Waals surface area contributed by atoms with E-state index in [1.54, 1.807) is 7.05 Å². The van der Waals surface area contributed by atoms with Crippen molar-refractivity contribution < 1.29 is 4.79 Å². The molecule has 0 saturated carbocycles. The number of aromatic amines is 1. The summed E-state index contributed by atoms with van der Waals surface area (Å²) in [6.45, 7) is 0. The number of H-pyrrole nitrogens is 1. The number of benzene rings is 1. The van der Waals surface area contributed by atoms with Crippen LogP contribution in [-0.4, -0.2) is 34.0 Å². The van der Waals surface area contributed by atoms with Gasteiger partial charge in [-0.3, -0.25) is 9.69 Å². The number of aromatic nitrogens is 1. The van der Waals surface area contributed by atoms with E-state index in [0.717, 1.165) is 16.5 Å². The number of rotatable bonds is 2. The minimum absolute atomic E-state index is 0.00770. The maximum atomic E-state index is 12.0. The Morgan fingerprint density at radius 1 is 1.47 bits per heavy atom. The number of amides is 1. The van der Waals surface area contributed by atoms with E-state index >= 15 is 0 Å². The molecule has 1 aromatic carbocycles. The molecule has 2 aromatic rings. The lowest BCUT2D eigenvalue weighted by Crippen LogP contribution is -2.31. The van der Waals surface area contributed by atoms with Crippen LogP contribution in [0.15, 0.2) is 24.4 Å². The van der Waals surface area contributed by atoms with Gasteiger partial charge < -0.3 is 10.3 Å². The zero-order valence-electron chi connectivity index (χ0n) is 10.2. The highest BCUT2D eigenvalue weighted by atomic mass is 35.5. The van der Waals surface area contributed by atoms with Gasteiger partial charge in [-0.1, -0.05) is 17.7 Å². The molecule has 0 bridgehead atoms. The first kappa shape index (κ1) is 12.4. The number of likely N-dealkylation sites (N-methyl/N-ethyl adjacent to an activating group) is 1. The molecule has 1 aliphatic rings. The molecule has 98 valence electrons. The highest BCUT2D eigenvalue weighted by Gasteiger charge is 2.32. The summed E-state index contributed by atoms with van der Waals surface area (Å²) in [4.78, 5) is 16.6. The van der Waals surface area contributed by atoms with Gasteiger partial charge in [0.25, 0.3) is 5.91 Å². The summed E-state index contributed by atoms with van der Waals surface area (Å²) in [6.07, 6.45) is 2.52. The summed E-state index contributed by atoms with van der Waals surface area (Å²) in [5, 5.41) is 5.29. The minimum Gasteiger partial charge on any atom is -0.361 e. The van der Waals surface area contributed by atoms with Gasteiger partial charge in [0.15, 0.2) is 5.11 Å². The Morgan fingerprint density at radius 3 is 2.95 bits per heavy atom. The minimum atomic E-state index is -0.285. The van der Waals surface area contributed by atoms with Gasteiger partial charge in [-0.15, -0.1) is 0 Å². The lowest BCUT2D eigenvalue weighted by atomic mass is 10.1. The lowest BCUT2D eigenvalue weighted by molar-refractivity contribution is -0.126. The van der Waals surface area contributed by atoms with Crippen LogP contribution in [0.1, 0.15) is 5.56 Å². The molecule has 4 nitrogen and oxygen atoms in total. The zero-order chi connectivity index (χ0) is 13.6. The molecule has 2 N–H and O–H groups in total. The molecule has 1 amide bonds. The van der Waals surface area contributed by atoms with Crippen LogP contribution in [0.25, 0.3) is 10.9 Å². The van der Waals surface area contributed by atoms with Gasteiger partial charge in [0.1, 0.15) is 6.04 Å². The Labute approximate surface area is 120 Å².